The average molecular weight is 530 g/mol. The van der Waals surface area contributed by atoms with Crippen LogP contribution in [0, 0.1) is 6.92 Å². The van der Waals surface area contributed by atoms with Gasteiger partial charge in [-0.15, -0.1) is 0 Å². The molecule has 0 amide bonds. The van der Waals surface area contributed by atoms with Gasteiger partial charge in [-0.1, -0.05) is 47.5 Å². The Hall–Kier alpha value is -1.20. The van der Waals surface area contributed by atoms with E-state index in [0.717, 1.165) is 42.1 Å². The lowest BCUT2D eigenvalue weighted by Gasteiger charge is -2.14. The summed E-state index contributed by atoms with van der Waals surface area (Å²) in [5.74, 6) is 0.747. The molecule has 6 heteroatoms. The lowest BCUT2D eigenvalue weighted by Crippen LogP contribution is -2.02. The molecule has 2 nitrogen and oxygen atoms in total. The van der Waals surface area contributed by atoms with Gasteiger partial charge in [0, 0.05) is 27.8 Å². The zero-order valence-electron chi connectivity index (χ0n) is 14.5. The Kier molecular flexibility index (Phi) is 7.10. The molecular weight excluding hydrogens is 513 g/mol. The van der Waals surface area contributed by atoms with Crippen LogP contribution in [0.4, 0.5) is 5.69 Å². The summed E-state index contributed by atoms with van der Waals surface area (Å²) in [6.07, 6.45) is 0. The molecule has 0 bridgehead atoms. The van der Waals surface area contributed by atoms with Crippen molar-refractivity contribution in [1.29, 1.82) is 0 Å². The summed E-state index contributed by atoms with van der Waals surface area (Å²) in [5, 5.41) is 4.84. The Balaban J connectivity index is 1.68. The smallest absolute Gasteiger partial charge is 0.148 e. The van der Waals surface area contributed by atoms with Crippen LogP contribution in [0.25, 0.3) is 0 Å². The van der Waals surface area contributed by atoms with Gasteiger partial charge in [0.2, 0.25) is 0 Å². The Morgan fingerprint density at radius 2 is 1.63 bits per heavy atom. The number of ether oxygens (including phenoxy) is 1. The zero-order valence-corrected chi connectivity index (χ0v) is 19.2. The molecule has 1 N–H and O–H groups in total. The highest BCUT2D eigenvalue weighted by Gasteiger charge is 2.11. The lowest BCUT2D eigenvalue weighted by molar-refractivity contribution is 0.302. The highest BCUT2D eigenvalue weighted by Crippen LogP contribution is 2.36. The van der Waals surface area contributed by atoms with E-state index in [2.05, 4.69) is 37.2 Å². The standard InChI is InChI=1S/C21H17Br2Cl2NO/c1-13-6-7-16(10-20(13)25)26-11-14-8-17(22)21(18(23)9-14)27-12-15-4-2-3-5-19(15)24/h2-10,26H,11-12H2,1H3. The van der Waals surface area contributed by atoms with Crippen LogP contribution in [0.3, 0.4) is 0 Å². The largest absolute Gasteiger partial charge is 0.486 e. The maximum atomic E-state index is 6.19. The second kappa shape index (κ2) is 9.33. The van der Waals surface area contributed by atoms with Crippen molar-refractivity contribution in [3.8, 4) is 5.75 Å². The molecule has 0 fully saturated rings. The predicted molar refractivity (Wildman–Crippen MR) is 121 cm³/mol. The summed E-state index contributed by atoms with van der Waals surface area (Å²) in [5.41, 5.74) is 4.10. The Morgan fingerprint density at radius 1 is 0.926 bits per heavy atom. The average Bonchev–Trinajstić information content (AvgIpc) is 2.63. The van der Waals surface area contributed by atoms with E-state index in [1.165, 1.54) is 0 Å². The topological polar surface area (TPSA) is 21.3 Å². The first-order chi connectivity index (χ1) is 12.9. The first kappa shape index (κ1) is 20.5. The van der Waals surface area contributed by atoms with Gasteiger partial charge in [0.15, 0.2) is 0 Å². The molecule has 0 aliphatic carbocycles. The fraction of sp³-hybridized carbons (Fsp3) is 0.143. The van der Waals surface area contributed by atoms with Crippen LogP contribution in [0.1, 0.15) is 16.7 Å². The van der Waals surface area contributed by atoms with E-state index in [-0.39, 0.29) is 0 Å². The van der Waals surface area contributed by atoms with Crippen LogP contribution in [-0.2, 0) is 13.2 Å². The van der Waals surface area contributed by atoms with Crippen molar-refractivity contribution in [3.63, 3.8) is 0 Å². The summed E-state index contributed by atoms with van der Waals surface area (Å²) >= 11 is 19.6. The van der Waals surface area contributed by atoms with Crippen LogP contribution >= 0.6 is 55.1 Å². The number of benzene rings is 3. The third-order valence-electron chi connectivity index (χ3n) is 4.06. The second-order valence-corrected chi connectivity index (χ2v) is 8.61. The molecule has 0 saturated heterocycles. The molecule has 140 valence electrons. The van der Waals surface area contributed by atoms with Crippen LogP contribution in [-0.4, -0.2) is 0 Å². The number of halogens is 4. The third kappa shape index (κ3) is 5.41. The highest BCUT2D eigenvalue weighted by atomic mass is 79.9. The van der Waals surface area contributed by atoms with E-state index in [4.69, 9.17) is 27.9 Å². The molecule has 0 atom stereocenters. The number of aryl methyl sites for hydroxylation is 1. The molecule has 0 aliphatic rings. The summed E-state index contributed by atoms with van der Waals surface area (Å²) in [6.45, 7) is 3.05. The van der Waals surface area contributed by atoms with Crippen molar-refractivity contribution in [1.82, 2.24) is 0 Å². The lowest BCUT2D eigenvalue weighted by atomic mass is 10.2. The number of hydrogen-bond acceptors (Lipinski definition) is 2. The molecule has 0 unspecified atom stereocenters. The van der Waals surface area contributed by atoms with Crippen LogP contribution < -0.4 is 10.1 Å². The van der Waals surface area contributed by atoms with E-state index < -0.39 is 0 Å². The first-order valence-electron chi connectivity index (χ1n) is 8.28. The van der Waals surface area contributed by atoms with Gasteiger partial charge < -0.3 is 10.1 Å². The van der Waals surface area contributed by atoms with Crippen LogP contribution in [0.2, 0.25) is 10.0 Å². The van der Waals surface area contributed by atoms with Crippen molar-refractivity contribution >= 4 is 60.7 Å². The normalized spacial score (nSPS) is 10.7. The predicted octanol–water partition coefficient (Wildman–Crippen LogP) is 8.02. The molecule has 0 aromatic heterocycles. The van der Waals surface area contributed by atoms with E-state index in [0.29, 0.717) is 18.2 Å². The van der Waals surface area contributed by atoms with Gasteiger partial charge >= 0.3 is 0 Å². The van der Waals surface area contributed by atoms with Gasteiger partial charge in [-0.05, 0) is 80.2 Å². The number of nitrogens with one attached hydrogen (secondary N) is 1. The van der Waals surface area contributed by atoms with Gasteiger partial charge in [0.25, 0.3) is 0 Å². The minimum Gasteiger partial charge on any atom is -0.486 e. The molecule has 27 heavy (non-hydrogen) atoms. The molecule has 3 rings (SSSR count). The van der Waals surface area contributed by atoms with Crippen LogP contribution in [0.15, 0.2) is 63.5 Å². The van der Waals surface area contributed by atoms with Gasteiger partial charge in [-0.2, -0.15) is 0 Å². The van der Waals surface area contributed by atoms with Crippen molar-refractivity contribution in [3.05, 3.63) is 90.3 Å². The summed E-state index contributed by atoms with van der Waals surface area (Å²) in [7, 11) is 0. The number of anilines is 1. The quantitative estimate of drug-likeness (QED) is 0.349. The van der Waals surface area contributed by atoms with E-state index >= 15 is 0 Å². The Morgan fingerprint density at radius 3 is 2.30 bits per heavy atom. The van der Waals surface area contributed by atoms with E-state index in [1.807, 2.05) is 61.5 Å². The molecule has 0 radical (unpaired) electrons. The fourth-order valence-corrected chi connectivity index (χ4v) is 4.41. The third-order valence-corrected chi connectivity index (χ3v) is 6.01. The highest BCUT2D eigenvalue weighted by molar-refractivity contribution is 9.11. The molecule has 0 spiro atoms. The molecule has 0 heterocycles. The second-order valence-electron chi connectivity index (χ2n) is 6.09. The Bertz CT molecular complexity index is 940. The monoisotopic (exact) mass is 527 g/mol. The fourth-order valence-electron chi connectivity index (χ4n) is 2.52. The van der Waals surface area contributed by atoms with Gasteiger partial charge in [0.05, 0.1) is 8.95 Å². The molecule has 0 saturated carbocycles. The van der Waals surface area contributed by atoms with Gasteiger partial charge in [-0.3, -0.25) is 0 Å². The van der Waals surface area contributed by atoms with Gasteiger partial charge in [0.1, 0.15) is 12.4 Å². The van der Waals surface area contributed by atoms with Crippen LogP contribution in [0.5, 0.6) is 5.75 Å². The molecular formula is C21H17Br2Cl2NO. The van der Waals surface area contributed by atoms with Crippen molar-refractivity contribution in [2.45, 2.75) is 20.1 Å². The molecule has 3 aromatic rings. The number of rotatable bonds is 6. The van der Waals surface area contributed by atoms with Crippen molar-refractivity contribution in [2.75, 3.05) is 5.32 Å². The van der Waals surface area contributed by atoms with E-state index in [9.17, 15) is 0 Å². The van der Waals surface area contributed by atoms with Crippen molar-refractivity contribution in [2.24, 2.45) is 0 Å². The summed E-state index contributed by atoms with van der Waals surface area (Å²) in [6, 6.07) is 17.7. The minimum absolute atomic E-state index is 0.399. The minimum atomic E-state index is 0.399. The maximum absolute atomic E-state index is 6.19. The summed E-state index contributed by atoms with van der Waals surface area (Å²) < 4.78 is 7.72. The summed E-state index contributed by atoms with van der Waals surface area (Å²) in [4.78, 5) is 0. The zero-order chi connectivity index (χ0) is 19.4. The SMILES string of the molecule is Cc1ccc(NCc2cc(Br)c(OCc3ccccc3Cl)c(Br)c2)cc1Cl. The van der Waals surface area contributed by atoms with Crippen molar-refractivity contribution < 1.29 is 4.74 Å². The first-order valence-corrected chi connectivity index (χ1v) is 10.6. The molecule has 0 aliphatic heterocycles. The van der Waals surface area contributed by atoms with Gasteiger partial charge in [-0.25, -0.2) is 0 Å². The molecule has 3 aromatic carbocycles. The number of hydrogen-bond donors (Lipinski definition) is 1. The maximum Gasteiger partial charge on any atom is 0.148 e. The van der Waals surface area contributed by atoms with E-state index in [1.54, 1.807) is 0 Å². The Labute approximate surface area is 186 Å².